The third kappa shape index (κ3) is 3.51. The molecule has 0 saturated carbocycles. The molecule has 1 aromatic rings. The zero-order chi connectivity index (χ0) is 11.8. The molecule has 88 valence electrons. The molecule has 0 aliphatic heterocycles. The van der Waals surface area contributed by atoms with Gasteiger partial charge in [0.1, 0.15) is 0 Å². The molecule has 1 amide bonds. The van der Waals surface area contributed by atoms with Crippen LogP contribution in [0, 0.1) is 0 Å². The second-order valence-corrected chi connectivity index (χ2v) is 3.12. The Balaban J connectivity index is 2.52. The van der Waals surface area contributed by atoms with Crippen molar-refractivity contribution in [3.8, 4) is 0 Å². The molecule has 0 bridgehead atoms. The Morgan fingerprint density at radius 2 is 2.38 bits per heavy atom. The summed E-state index contributed by atoms with van der Waals surface area (Å²) in [6, 6.07) is 1.76. The van der Waals surface area contributed by atoms with Gasteiger partial charge in [0, 0.05) is 38.3 Å². The van der Waals surface area contributed by atoms with Crippen molar-refractivity contribution in [3.63, 3.8) is 0 Å². The molecule has 0 unspecified atom stereocenters. The first-order valence-corrected chi connectivity index (χ1v) is 5.27. The van der Waals surface area contributed by atoms with Crippen LogP contribution in [0.1, 0.15) is 17.3 Å². The summed E-state index contributed by atoms with van der Waals surface area (Å²) in [6.45, 7) is 3.61. The average Bonchev–Trinajstić information content (AvgIpc) is 2.34. The fraction of sp³-hybridized carbons (Fsp3) is 0.455. The van der Waals surface area contributed by atoms with Crippen molar-refractivity contribution in [1.29, 1.82) is 0 Å². The normalized spacial score (nSPS) is 9.88. The maximum atomic E-state index is 11.7. The molecule has 0 aliphatic rings. The Morgan fingerprint density at radius 1 is 1.56 bits per heavy atom. The minimum Gasteiger partial charge on any atom is -0.387 e. The number of carbonyl (C=O) groups is 1. The number of amides is 1. The van der Waals surface area contributed by atoms with Gasteiger partial charge in [-0.05, 0) is 13.0 Å². The van der Waals surface area contributed by atoms with Crippen molar-refractivity contribution in [3.05, 3.63) is 24.0 Å². The van der Waals surface area contributed by atoms with Gasteiger partial charge in [0.05, 0.1) is 12.2 Å². The zero-order valence-corrected chi connectivity index (χ0v) is 9.62. The number of ether oxygens (including phenoxy) is 1. The van der Waals surface area contributed by atoms with Crippen LogP contribution in [-0.4, -0.2) is 37.7 Å². The van der Waals surface area contributed by atoms with Gasteiger partial charge in [-0.3, -0.25) is 9.78 Å². The predicted octanol–water partition coefficient (Wildman–Crippen LogP) is 0.890. The van der Waals surface area contributed by atoms with Crippen LogP contribution in [0.25, 0.3) is 0 Å². The first-order chi connectivity index (χ1) is 7.79. The second kappa shape index (κ2) is 6.79. The molecule has 5 heteroatoms. The lowest BCUT2D eigenvalue weighted by Crippen LogP contribution is -2.28. The van der Waals surface area contributed by atoms with Gasteiger partial charge in [0.2, 0.25) is 0 Å². The first kappa shape index (κ1) is 12.4. The summed E-state index contributed by atoms with van der Waals surface area (Å²) in [7, 11) is 1.77. The largest absolute Gasteiger partial charge is 0.387 e. The van der Waals surface area contributed by atoms with Crippen LogP contribution in [-0.2, 0) is 4.74 Å². The minimum absolute atomic E-state index is 0.142. The highest BCUT2D eigenvalue weighted by molar-refractivity contribution is 5.99. The smallest absolute Gasteiger partial charge is 0.255 e. The number of pyridine rings is 1. The Kier molecular flexibility index (Phi) is 5.28. The van der Waals surface area contributed by atoms with Crippen molar-refractivity contribution in [2.75, 3.05) is 32.1 Å². The Bertz CT molecular complexity index is 342. The van der Waals surface area contributed by atoms with E-state index in [4.69, 9.17) is 4.74 Å². The molecular formula is C11H17N3O2. The Labute approximate surface area is 95.2 Å². The second-order valence-electron chi connectivity index (χ2n) is 3.12. The molecule has 1 aromatic heterocycles. The number of rotatable bonds is 6. The van der Waals surface area contributed by atoms with Gasteiger partial charge in [0.15, 0.2) is 0 Å². The highest BCUT2D eigenvalue weighted by atomic mass is 16.5. The van der Waals surface area contributed by atoms with Crippen molar-refractivity contribution >= 4 is 11.6 Å². The number of hydrogen-bond acceptors (Lipinski definition) is 4. The summed E-state index contributed by atoms with van der Waals surface area (Å²) in [4.78, 5) is 15.7. The maximum absolute atomic E-state index is 11.7. The third-order valence-corrected chi connectivity index (χ3v) is 2.07. The Morgan fingerprint density at radius 3 is 3.06 bits per heavy atom. The molecule has 0 aromatic carbocycles. The molecule has 1 rings (SSSR count). The van der Waals surface area contributed by atoms with E-state index in [0.717, 1.165) is 5.69 Å². The molecule has 1 heterocycles. The number of hydrogen-bond donors (Lipinski definition) is 2. The summed E-state index contributed by atoms with van der Waals surface area (Å²) in [5.41, 5.74) is 1.31. The molecular weight excluding hydrogens is 206 g/mol. The number of carbonyl (C=O) groups excluding carboxylic acids is 1. The number of anilines is 1. The SMILES string of the molecule is CCOCCNC(=O)c1cnccc1NC. The monoisotopic (exact) mass is 223 g/mol. The molecule has 0 spiro atoms. The lowest BCUT2D eigenvalue weighted by Gasteiger charge is -2.08. The van der Waals surface area contributed by atoms with Crippen molar-refractivity contribution < 1.29 is 9.53 Å². The van der Waals surface area contributed by atoms with Gasteiger partial charge in [-0.25, -0.2) is 0 Å². The number of aromatic nitrogens is 1. The molecule has 0 saturated heterocycles. The molecule has 2 N–H and O–H groups in total. The third-order valence-electron chi connectivity index (χ3n) is 2.07. The van der Waals surface area contributed by atoms with Gasteiger partial charge >= 0.3 is 0 Å². The van der Waals surface area contributed by atoms with Crippen LogP contribution < -0.4 is 10.6 Å². The van der Waals surface area contributed by atoms with E-state index in [0.29, 0.717) is 25.3 Å². The summed E-state index contributed by atoms with van der Waals surface area (Å²) in [6.07, 6.45) is 3.19. The summed E-state index contributed by atoms with van der Waals surface area (Å²) < 4.78 is 5.13. The number of nitrogens with one attached hydrogen (secondary N) is 2. The zero-order valence-electron chi connectivity index (χ0n) is 9.62. The number of nitrogens with zero attached hydrogens (tertiary/aromatic N) is 1. The van der Waals surface area contributed by atoms with E-state index < -0.39 is 0 Å². The summed E-state index contributed by atoms with van der Waals surface area (Å²) in [5.74, 6) is -0.142. The quantitative estimate of drug-likeness (QED) is 0.703. The topological polar surface area (TPSA) is 63.2 Å². The fourth-order valence-corrected chi connectivity index (χ4v) is 1.27. The maximum Gasteiger partial charge on any atom is 0.255 e. The standard InChI is InChI=1S/C11H17N3O2/c1-3-16-7-6-14-11(15)9-8-13-5-4-10(9)12-2/h4-5,8H,3,6-7H2,1-2H3,(H,12,13)(H,14,15). The van der Waals surface area contributed by atoms with Gasteiger partial charge < -0.3 is 15.4 Å². The van der Waals surface area contributed by atoms with E-state index in [1.807, 2.05) is 6.92 Å². The van der Waals surface area contributed by atoms with Crippen LogP contribution in [0.5, 0.6) is 0 Å². The summed E-state index contributed by atoms with van der Waals surface area (Å²) >= 11 is 0. The molecule has 0 fully saturated rings. The summed E-state index contributed by atoms with van der Waals surface area (Å²) in [5, 5.41) is 5.71. The van der Waals surface area contributed by atoms with Crippen molar-refractivity contribution in [2.24, 2.45) is 0 Å². The van der Waals surface area contributed by atoms with Gasteiger partial charge in [0.25, 0.3) is 5.91 Å². The van der Waals surface area contributed by atoms with Crippen LogP contribution in [0.4, 0.5) is 5.69 Å². The van der Waals surface area contributed by atoms with E-state index >= 15 is 0 Å². The van der Waals surface area contributed by atoms with E-state index in [1.165, 1.54) is 0 Å². The van der Waals surface area contributed by atoms with Crippen LogP contribution in [0.3, 0.4) is 0 Å². The van der Waals surface area contributed by atoms with E-state index in [-0.39, 0.29) is 5.91 Å². The average molecular weight is 223 g/mol. The molecule has 0 atom stereocenters. The van der Waals surface area contributed by atoms with Crippen molar-refractivity contribution in [2.45, 2.75) is 6.92 Å². The van der Waals surface area contributed by atoms with Crippen LogP contribution in [0.2, 0.25) is 0 Å². The molecule has 0 radical (unpaired) electrons. The van der Waals surface area contributed by atoms with Gasteiger partial charge in [-0.2, -0.15) is 0 Å². The Hall–Kier alpha value is -1.62. The lowest BCUT2D eigenvalue weighted by atomic mass is 10.2. The van der Waals surface area contributed by atoms with E-state index in [9.17, 15) is 4.79 Å². The first-order valence-electron chi connectivity index (χ1n) is 5.27. The highest BCUT2D eigenvalue weighted by Crippen LogP contribution is 2.11. The van der Waals surface area contributed by atoms with Gasteiger partial charge in [-0.1, -0.05) is 0 Å². The van der Waals surface area contributed by atoms with Gasteiger partial charge in [-0.15, -0.1) is 0 Å². The fourth-order valence-electron chi connectivity index (χ4n) is 1.27. The predicted molar refractivity (Wildman–Crippen MR) is 62.6 cm³/mol. The van der Waals surface area contributed by atoms with Crippen molar-refractivity contribution in [1.82, 2.24) is 10.3 Å². The lowest BCUT2D eigenvalue weighted by molar-refractivity contribution is 0.0923. The minimum atomic E-state index is -0.142. The van der Waals surface area contributed by atoms with E-state index in [1.54, 1.807) is 25.5 Å². The molecule has 5 nitrogen and oxygen atoms in total. The highest BCUT2D eigenvalue weighted by Gasteiger charge is 2.09. The van der Waals surface area contributed by atoms with E-state index in [2.05, 4.69) is 15.6 Å². The molecule has 16 heavy (non-hydrogen) atoms. The van der Waals surface area contributed by atoms with Crippen LogP contribution >= 0.6 is 0 Å². The molecule has 0 aliphatic carbocycles. The van der Waals surface area contributed by atoms with Crippen LogP contribution in [0.15, 0.2) is 18.5 Å².